The van der Waals surface area contributed by atoms with Crippen LogP contribution in [0.2, 0.25) is 0 Å². The Kier molecular flexibility index (Phi) is 5.81. The van der Waals surface area contributed by atoms with Gasteiger partial charge in [0.15, 0.2) is 11.9 Å². The number of carbonyl (C=O) groups excluding carboxylic acids is 4. The minimum absolute atomic E-state index is 0.00737. The summed E-state index contributed by atoms with van der Waals surface area (Å²) in [7, 11) is 0. The maximum Gasteiger partial charge on any atom is 0.265 e. The first-order chi connectivity index (χ1) is 16.4. The summed E-state index contributed by atoms with van der Waals surface area (Å²) in [4.78, 5) is 51.7. The molecule has 0 bridgehead atoms. The van der Waals surface area contributed by atoms with Gasteiger partial charge in [0.25, 0.3) is 11.8 Å². The van der Waals surface area contributed by atoms with E-state index in [-0.39, 0.29) is 29.4 Å². The number of fused-ring (bicyclic) bond motifs is 2. The second-order valence-electron chi connectivity index (χ2n) is 9.16. The smallest absolute Gasteiger partial charge is 0.265 e. The first-order valence-corrected chi connectivity index (χ1v) is 11.8. The first-order valence-electron chi connectivity index (χ1n) is 11.8. The van der Waals surface area contributed by atoms with E-state index in [4.69, 9.17) is 4.74 Å². The van der Waals surface area contributed by atoms with Crippen molar-refractivity contribution >= 4 is 34.9 Å². The molecule has 0 aromatic heterocycles. The highest BCUT2D eigenvalue weighted by Gasteiger charge is 2.30. The fourth-order valence-electron chi connectivity index (χ4n) is 4.83. The SMILES string of the molecule is CC1Oc2ccc(C(=O)C3CCN(C(=O)c4ccc5c(c4)CCCC(=O)N5)CC3)cc2NC1=O. The minimum Gasteiger partial charge on any atom is -0.479 e. The Balaban J connectivity index is 1.23. The highest BCUT2D eigenvalue weighted by Crippen LogP contribution is 2.32. The largest absolute Gasteiger partial charge is 0.479 e. The number of nitrogens with zero attached hydrogens (tertiary/aromatic N) is 1. The topological polar surface area (TPSA) is 105 Å². The zero-order valence-electron chi connectivity index (χ0n) is 19.1. The molecule has 8 nitrogen and oxygen atoms in total. The molecule has 3 heterocycles. The van der Waals surface area contributed by atoms with Gasteiger partial charge in [-0.25, -0.2) is 0 Å². The number of anilines is 2. The molecule has 34 heavy (non-hydrogen) atoms. The summed E-state index contributed by atoms with van der Waals surface area (Å²) < 4.78 is 5.57. The van der Waals surface area contributed by atoms with Gasteiger partial charge in [-0.1, -0.05) is 0 Å². The van der Waals surface area contributed by atoms with Gasteiger partial charge in [-0.15, -0.1) is 0 Å². The van der Waals surface area contributed by atoms with Crippen LogP contribution in [0.3, 0.4) is 0 Å². The molecule has 0 saturated carbocycles. The van der Waals surface area contributed by atoms with Gasteiger partial charge in [-0.2, -0.15) is 0 Å². The van der Waals surface area contributed by atoms with E-state index in [0.29, 0.717) is 54.9 Å². The molecule has 2 aromatic carbocycles. The number of Topliss-reactive ketones (excluding diaryl/α,β-unsaturated/α-hetero) is 1. The quantitative estimate of drug-likeness (QED) is 0.682. The van der Waals surface area contributed by atoms with E-state index in [1.165, 1.54) is 0 Å². The zero-order valence-corrected chi connectivity index (χ0v) is 19.1. The Morgan fingerprint density at radius 3 is 2.50 bits per heavy atom. The van der Waals surface area contributed by atoms with Crippen LogP contribution in [0.15, 0.2) is 36.4 Å². The number of rotatable bonds is 3. The molecular formula is C26H27N3O5. The number of aryl methyl sites for hydroxylation is 1. The van der Waals surface area contributed by atoms with E-state index in [1.54, 1.807) is 42.2 Å². The van der Waals surface area contributed by atoms with E-state index in [2.05, 4.69) is 10.6 Å². The van der Waals surface area contributed by atoms with Crippen LogP contribution in [0.4, 0.5) is 11.4 Å². The summed E-state index contributed by atoms with van der Waals surface area (Å²) >= 11 is 0. The van der Waals surface area contributed by atoms with Crippen molar-refractivity contribution < 1.29 is 23.9 Å². The number of likely N-dealkylation sites (tertiary alicyclic amines) is 1. The number of piperidine rings is 1. The Hall–Kier alpha value is -3.68. The summed E-state index contributed by atoms with van der Waals surface area (Å²) in [6.07, 6.45) is 2.63. The predicted octanol–water partition coefficient (Wildman–Crippen LogP) is 3.42. The molecule has 0 radical (unpaired) electrons. The van der Waals surface area contributed by atoms with Crippen LogP contribution in [-0.4, -0.2) is 47.6 Å². The molecule has 3 aliphatic rings. The average molecular weight is 462 g/mol. The van der Waals surface area contributed by atoms with Gasteiger partial charge in [-0.3, -0.25) is 19.2 Å². The zero-order chi connectivity index (χ0) is 23.8. The first kappa shape index (κ1) is 22.1. The maximum absolute atomic E-state index is 13.1. The monoisotopic (exact) mass is 461 g/mol. The van der Waals surface area contributed by atoms with Crippen LogP contribution >= 0.6 is 0 Å². The van der Waals surface area contributed by atoms with Crippen molar-refractivity contribution in [1.29, 1.82) is 0 Å². The third-order valence-corrected chi connectivity index (χ3v) is 6.82. The number of amides is 3. The van der Waals surface area contributed by atoms with Gasteiger partial charge < -0.3 is 20.3 Å². The van der Waals surface area contributed by atoms with E-state index in [1.807, 2.05) is 6.07 Å². The molecule has 3 aliphatic heterocycles. The maximum atomic E-state index is 13.1. The van der Waals surface area contributed by atoms with E-state index in [9.17, 15) is 19.2 Å². The van der Waals surface area contributed by atoms with Crippen molar-refractivity contribution in [3.8, 4) is 5.75 Å². The number of ketones is 1. The molecule has 0 spiro atoms. The standard InChI is InChI=1S/C26H27N3O5/c1-15-25(32)28-21-14-18(6-8-22(21)34-15)24(31)16-9-11-29(12-10-16)26(33)19-5-7-20-17(13-19)3-2-4-23(30)27-20/h5-8,13-16H,2-4,9-12H2,1H3,(H,27,30)(H,28,32). The Morgan fingerprint density at radius 2 is 1.71 bits per heavy atom. The van der Waals surface area contributed by atoms with Crippen molar-refractivity contribution in [1.82, 2.24) is 4.90 Å². The normalized spacial score (nSPS) is 20.3. The van der Waals surface area contributed by atoms with Gasteiger partial charge in [0, 0.05) is 42.2 Å². The molecule has 8 heteroatoms. The van der Waals surface area contributed by atoms with Gasteiger partial charge in [0.2, 0.25) is 5.91 Å². The number of hydrogen-bond donors (Lipinski definition) is 2. The molecule has 0 aliphatic carbocycles. The van der Waals surface area contributed by atoms with Crippen LogP contribution in [0.1, 0.15) is 58.9 Å². The number of carbonyl (C=O) groups is 4. The van der Waals surface area contributed by atoms with Crippen molar-refractivity contribution in [3.63, 3.8) is 0 Å². The van der Waals surface area contributed by atoms with Crippen molar-refractivity contribution in [2.75, 3.05) is 23.7 Å². The van der Waals surface area contributed by atoms with Crippen molar-refractivity contribution in [2.45, 2.75) is 45.1 Å². The lowest BCUT2D eigenvalue weighted by molar-refractivity contribution is -0.122. The summed E-state index contributed by atoms with van der Waals surface area (Å²) in [5.41, 5.74) is 3.43. The van der Waals surface area contributed by atoms with Gasteiger partial charge >= 0.3 is 0 Å². The minimum atomic E-state index is -0.561. The molecule has 1 fully saturated rings. The predicted molar refractivity (Wildman–Crippen MR) is 126 cm³/mol. The molecule has 176 valence electrons. The molecule has 2 N–H and O–H groups in total. The Bertz CT molecular complexity index is 1180. The second-order valence-corrected chi connectivity index (χ2v) is 9.16. The number of ether oxygens (including phenoxy) is 1. The van der Waals surface area contributed by atoms with Gasteiger partial charge in [0.1, 0.15) is 5.75 Å². The number of hydrogen-bond acceptors (Lipinski definition) is 5. The lowest BCUT2D eigenvalue weighted by Crippen LogP contribution is -2.40. The third-order valence-electron chi connectivity index (χ3n) is 6.82. The van der Waals surface area contributed by atoms with Crippen LogP contribution < -0.4 is 15.4 Å². The lowest BCUT2D eigenvalue weighted by atomic mass is 9.88. The summed E-state index contributed by atoms with van der Waals surface area (Å²) in [5, 5.41) is 5.68. The fourth-order valence-corrected chi connectivity index (χ4v) is 4.83. The Labute approximate surface area is 197 Å². The molecule has 1 saturated heterocycles. The molecule has 2 aromatic rings. The molecule has 1 unspecified atom stereocenters. The lowest BCUT2D eigenvalue weighted by Gasteiger charge is -2.32. The van der Waals surface area contributed by atoms with Gasteiger partial charge in [0.05, 0.1) is 5.69 Å². The van der Waals surface area contributed by atoms with E-state index < -0.39 is 6.10 Å². The number of nitrogens with one attached hydrogen (secondary N) is 2. The summed E-state index contributed by atoms with van der Waals surface area (Å²) in [6, 6.07) is 10.6. The van der Waals surface area contributed by atoms with E-state index in [0.717, 1.165) is 24.1 Å². The van der Waals surface area contributed by atoms with Crippen molar-refractivity contribution in [2.24, 2.45) is 5.92 Å². The number of benzene rings is 2. The highest BCUT2D eigenvalue weighted by molar-refractivity contribution is 6.03. The summed E-state index contributed by atoms with van der Waals surface area (Å²) in [5.74, 6) is 0.125. The van der Waals surface area contributed by atoms with Crippen LogP contribution in [0, 0.1) is 5.92 Å². The molecule has 3 amide bonds. The molecule has 1 atom stereocenters. The van der Waals surface area contributed by atoms with Gasteiger partial charge in [-0.05, 0) is 74.6 Å². The highest BCUT2D eigenvalue weighted by atomic mass is 16.5. The van der Waals surface area contributed by atoms with Crippen LogP contribution in [0.5, 0.6) is 5.75 Å². The Morgan fingerprint density at radius 1 is 0.941 bits per heavy atom. The third kappa shape index (κ3) is 4.27. The van der Waals surface area contributed by atoms with Crippen molar-refractivity contribution in [3.05, 3.63) is 53.1 Å². The van der Waals surface area contributed by atoms with E-state index >= 15 is 0 Å². The average Bonchev–Trinajstić information content (AvgIpc) is 3.03. The second kappa shape index (κ2) is 8.93. The van der Waals surface area contributed by atoms with Crippen LogP contribution in [-0.2, 0) is 16.0 Å². The molecular weight excluding hydrogens is 434 g/mol. The fraction of sp³-hybridized carbons (Fsp3) is 0.385. The molecule has 5 rings (SSSR count). The summed E-state index contributed by atoms with van der Waals surface area (Å²) in [6.45, 7) is 2.69. The van der Waals surface area contributed by atoms with Crippen LogP contribution in [0.25, 0.3) is 0 Å².